The van der Waals surface area contributed by atoms with Crippen LogP contribution in [0.4, 0.5) is 13.2 Å². The van der Waals surface area contributed by atoms with Gasteiger partial charge < -0.3 is 20.1 Å². The van der Waals surface area contributed by atoms with Gasteiger partial charge >= 0.3 is 6.18 Å². The molecule has 168 valence electrons. The maximum absolute atomic E-state index is 12.6. The highest BCUT2D eigenvalue weighted by Gasteiger charge is 2.33. The minimum Gasteiger partial charge on any atom is -0.497 e. The van der Waals surface area contributed by atoms with E-state index in [1.807, 2.05) is 38.1 Å². The van der Waals surface area contributed by atoms with Crippen molar-refractivity contribution in [1.82, 2.24) is 15.6 Å². The van der Waals surface area contributed by atoms with E-state index in [1.54, 1.807) is 7.11 Å². The summed E-state index contributed by atoms with van der Waals surface area (Å²) in [6.07, 6.45) is -4.19. The number of rotatable bonds is 9. The SMILES string of the molecule is CCNC(=NCC(C)Oc1ccc(OC)cc1)NCCc1nc(C(F)(F)F)cs1.I. The fraction of sp³-hybridized carbons (Fsp3) is 0.474. The summed E-state index contributed by atoms with van der Waals surface area (Å²) in [5, 5.41) is 7.67. The Kier molecular flexibility index (Phi) is 11.2. The summed E-state index contributed by atoms with van der Waals surface area (Å²) >= 11 is 1.00. The Hall–Kier alpha value is -1.76. The minimum atomic E-state index is -4.40. The van der Waals surface area contributed by atoms with Crippen LogP contribution < -0.4 is 20.1 Å². The predicted molar refractivity (Wildman–Crippen MR) is 123 cm³/mol. The molecule has 6 nitrogen and oxygen atoms in total. The van der Waals surface area contributed by atoms with E-state index in [-0.39, 0.29) is 30.1 Å². The number of nitrogens with one attached hydrogen (secondary N) is 2. The molecule has 1 unspecified atom stereocenters. The number of methoxy groups -OCH3 is 1. The Morgan fingerprint density at radius 2 is 1.87 bits per heavy atom. The molecule has 0 saturated heterocycles. The molecular weight excluding hydrogens is 532 g/mol. The van der Waals surface area contributed by atoms with E-state index in [2.05, 4.69) is 20.6 Å². The van der Waals surface area contributed by atoms with Crippen molar-refractivity contribution in [2.45, 2.75) is 32.5 Å². The molecule has 0 radical (unpaired) electrons. The van der Waals surface area contributed by atoms with E-state index in [9.17, 15) is 13.2 Å². The third-order valence-electron chi connectivity index (χ3n) is 3.72. The average Bonchev–Trinajstić information content (AvgIpc) is 3.16. The van der Waals surface area contributed by atoms with E-state index in [4.69, 9.17) is 9.47 Å². The normalized spacial score (nSPS) is 12.7. The zero-order valence-corrected chi connectivity index (χ0v) is 20.1. The van der Waals surface area contributed by atoms with Gasteiger partial charge in [0.05, 0.1) is 18.7 Å². The van der Waals surface area contributed by atoms with E-state index >= 15 is 0 Å². The molecule has 0 aliphatic carbocycles. The molecule has 0 fully saturated rings. The van der Waals surface area contributed by atoms with Crippen LogP contribution in [-0.2, 0) is 12.6 Å². The topological polar surface area (TPSA) is 67.8 Å². The fourth-order valence-electron chi connectivity index (χ4n) is 2.33. The number of nitrogens with zero attached hydrogens (tertiary/aromatic N) is 2. The summed E-state index contributed by atoms with van der Waals surface area (Å²) in [5.41, 5.74) is -0.845. The van der Waals surface area contributed by atoms with E-state index in [1.165, 1.54) is 0 Å². The van der Waals surface area contributed by atoms with Crippen molar-refractivity contribution in [3.63, 3.8) is 0 Å². The molecule has 11 heteroatoms. The Morgan fingerprint density at radius 3 is 2.43 bits per heavy atom. The number of aromatic nitrogens is 1. The summed E-state index contributed by atoms with van der Waals surface area (Å²) in [6, 6.07) is 7.29. The first-order valence-electron chi connectivity index (χ1n) is 9.16. The van der Waals surface area contributed by atoms with E-state index < -0.39 is 11.9 Å². The second kappa shape index (κ2) is 12.8. The van der Waals surface area contributed by atoms with Crippen molar-refractivity contribution in [1.29, 1.82) is 0 Å². The van der Waals surface area contributed by atoms with Crippen LogP contribution in [0, 0.1) is 0 Å². The van der Waals surface area contributed by atoms with Crippen LogP contribution in [0.5, 0.6) is 11.5 Å². The molecule has 0 aliphatic rings. The van der Waals surface area contributed by atoms with Crippen molar-refractivity contribution in [2.75, 3.05) is 26.7 Å². The third kappa shape index (κ3) is 8.94. The van der Waals surface area contributed by atoms with Crippen LogP contribution in [0.25, 0.3) is 0 Å². The molecule has 0 amide bonds. The van der Waals surface area contributed by atoms with Gasteiger partial charge in [0, 0.05) is 24.9 Å². The van der Waals surface area contributed by atoms with Crippen molar-refractivity contribution in [3.8, 4) is 11.5 Å². The fourth-order valence-corrected chi connectivity index (χ4v) is 3.13. The zero-order valence-electron chi connectivity index (χ0n) is 17.0. The molecule has 0 spiro atoms. The van der Waals surface area contributed by atoms with Crippen LogP contribution >= 0.6 is 35.3 Å². The van der Waals surface area contributed by atoms with E-state index in [0.717, 1.165) is 28.2 Å². The lowest BCUT2D eigenvalue weighted by molar-refractivity contribution is -0.140. The molecule has 2 aromatic rings. The summed E-state index contributed by atoms with van der Waals surface area (Å²) in [5.74, 6) is 2.05. The first kappa shape index (κ1) is 26.3. The Balaban J connectivity index is 0.00000450. The van der Waals surface area contributed by atoms with Gasteiger partial charge in [-0.15, -0.1) is 35.3 Å². The van der Waals surface area contributed by atoms with Crippen molar-refractivity contribution in [2.24, 2.45) is 4.99 Å². The largest absolute Gasteiger partial charge is 0.497 e. The van der Waals surface area contributed by atoms with Crippen LogP contribution in [0.3, 0.4) is 0 Å². The lowest BCUT2D eigenvalue weighted by atomic mass is 10.3. The van der Waals surface area contributed by atoms with Gasteiger partial charge in [0.15, 0.2) is 11.7 Å². The molecule has 1 aromatic carbocycles. The lowest BCUT2D eigenvalue weighted by Crippen LogP contribution is -2.39. The van der Waals surface area contributed by atoms with Gasteiger partial charge in [-0.1, -0.05) is 0 Å². The van der Waals surface area contributed by atoms with Crippen LogP contribution in [0.1, 0.15) is 24.5 Å². The molecule has 1 aromatic heterocycles. The zero-order chi connectivity index (χ0) is 21.3. The van der Waals surface area contributed by atoms with Gasteiger partial charge in [0.2, 0.25) is 0 Å². The monoisotopic (exact) mass is 558 g/mol. The molecular formula is C19H26F3IN4O2S. The van der Waals surface area contributed by atoms with Crippen LogP contribution in [0.15, 0.2) is 34.6 Å². The highest BCUT2D eigenvalue weighted by atomic mass is 127. The summed E-state index contributed by atoms with van der Waals surface area (Å²) in [6.45, 7) is 5.34. The molecule has 0 aliphatic heterocycles. The first-order valence-corrected chi connectivity index (χ1v) is 10.0. The summed E-state index contributed by atoms with van der Waals surface area (Å²) < 4.78 is 48.7. The maximum atomic E-state index is 12.6. The van der Waals surface area contributed by atoms with Gasteiger partial charge in [0.1, 0.15) is 17.6 Å². The smallest absolute Gasteiger partial charge is 0.434 e. The molecule has 30 heavy (non-hydrogen) atoms. The Bertz CT molecular complexity index is 785. The molecule has 1 atom stereocenters. The van der Waals surface area contributed by atoms with Gasteiger partial charge in [-0.25, -0.2) is 9.98 Å². The standard InChI is InChI=1S/C19H25F3N4O2S.HI/c1-4-23-18(24-10-9-17-26-16(12-29-17)19(20,21)22)25-11-13(2)28-15-7-5-14(27-3)6-8-15;/h5-8,12-13H,4,9-11H2,1-3H3,(H2,23,24,25);1H. The highest BCUT2D eigenvalue weighted by molar-refractivity contribution is 14.0. The van der Waals surface area contributed by atoms with Crippen molar-refractivity contribution < 1.29 is 22.6 Å². The number of guanidine groups is 1. The Labute approximate surface area is 195 Å². The number of thiazole rings is 1. The molecule has 0 bridgehead atoms. The van der Waals surface area contributed by atoms with Gasteiger partial charge in [-0.2, -0.15) is 13.2 Å². The highest BCUT2D eigenvalue weighted by Crippen LogP contribution is 2.30. The molecule has 2 N–H and O–H groups in total. The van der Waals surface area contributed by atoms with E-state index in [0.29, 0.717) is 37.0 Å². The van der Waals surface area contributed by atoms with Crippen molar-refractivity contribution in [3.05, 3.63) is 40.3 Å². The number of hydrogen-bond donors (Lipinski definition) is 2. The summed E-state index contributed by atoms with van der Waals surface area (Å²) in [7, 11) is 1.60. The number of halogens is 4. The number of alkyl halides is 3. The second-order valence-electron chi connectivity index (χ2n) is 6.12. The minimum absolute atomic E-state index is 0. The summed E-state index contributed by atoms with van der Waals surface area (Å²) in [4.78, 5) is 8.09. The van der Waals surface area contributed by atoms with Gasteiger partial charge in [0.25, 0.3) is 0 Å². The molecule has 2 rings (SSSR count). The number of aliphatic imine (C=N–C) groups is 1. The number of ether oxygens (including phenoxy) is 2. The number of hydrogen-bond acceptors (Lipinski definition) is 5. The van der Waals surface area contributed by atoms with Crippen LogP contribution in [0.2, 0.25) is 0 Å². The average molecular weight is 558 g/mol. The third-order valence-corrected chi connectivity index (χ3v) is 4.63. The van der Waals surface area contributed by atoms with Gasteiger partial charge in [-0.3, -0.25) is 0 Å². The van der Waals surface area contributed by atoms with Crippen molar-refractivity contribution >= 4 is 41.3 Å². The number of benzene rings is 1. The Morgan fingerprint density at radius 1 is 1.20 bits per heavy atom. The van der Waals surface area contributed by atoms with Gasteiger partial charge in [-0.05, 0) is 38.1 Å². The maximum Gasteiger partial charge on any atom is 0.434 e. The second-order valence-corrected chi connectivity index (χ2v) is 7.07. The predicted octanol–water partition coefficient (Wildman–Crippen LogP) is 4.35. The molecule has 1 heterocycles. The lowest BCUT2D eigenvalue weighted by Gasteiger charge is -2.15. The van der Waals surface area contributed by atoms with Crippen LogP contribution in [-0.4, -0.2) is 43.8 Å². The quantitative estimate of drug-likeness (QED) is 0.272. The first-order chi connectivity index (χ1) is 13.8. The molecule has 0 saturated carbocycles.